The zero-order chi connectivity index (χ0) is 15.5. The third-order valence-electron chi connectivity index (χ3n) is 3.40. The van der Waals surface area contributed by atoms with E-state index in [-0.39, 0.29) is 17.8 Å². The van der Waals surface area contributed by atoms with E-state index in [2.05, 4.69) is 0 Å². The third kappa shape index (κ3) is 3.09. The van der Waals surface area contributed by atoms with E-state index in [1.54, 1.807) is 24.3 Å². The first-order valence-corrected chi connectivity index (χ1v) is 7.83. The summed E-state index contributed by atoms with van der Waals surface area (Å²) < 4.78 is 14.9. The van der Waals surface area contributed by atoms with Crippen molar-refractivity contribution in [2.75, 3.05) is 13.2 Å². The third-order valence-corrected chi connectivity index (χ3v) is 4.72. The molecule has 116 valence electrons. The van der Waals surface area contributed by atoms with Gasteiger partial charge in [-0.05, 0) is 12.1 Å². The molecule has 2 saturated heterocycles. The van der Waals surface area contributed by atoms with Crippen molar-refractivity contribution in [3.05, 3.63) is 29.8 Å². The second-order valence-corrected chi connectivity index (χ2v) is 6.15. The predicted molar refractivity (Wildman–Crippen MR) is 76.4 cm³/mol. The average Bonchev–Trinajstić information content (AvgIpc) is 3.09. The van der Waals surface area contributed by atoms with Crippen molar-refractivity contribution < 1.29 is 28.6 Å². The predicted octanol–water partition coefficient (Wildman–Crippen LogP) is 1.57. The molecule has 2 atom stereocenters. The molecule has 2 aliphatic rings. The summed E-state index contributed by atoms with van der Waals surface area (Å²) in [6, 6.07) is 6.86. The summed E-state index contributed by atoms with van der Waals surface area (Å²) >= 11 is 1.28. The minimum Gasteiger partial charge on any atom is -0.465 e. The van der Waals surface area contributed by atoms with Crippen molar-refractivity contribution in [1.29, 1.82) is 0 Å². The second-order valence-electron chi connectivity index (χ2n) is 4.91. The van der Waals surface area contributed by atoms with E-state index in [4.69, 9.17) is 14.2 Å². The highest BCUT2D eigenvalue weighted by Crippen LogP contribution is 2.32. The number of hydrogen-bond acceptors (Lipinski definition) is 7. The highest BCUT2D eigenvalue weighted by molar-refractivity contribution is 8.00. The molecule has 22 heavy (non-hydrogen) atoms. The molecule has 3 rings (SSSR count). The Morgan fingerprint density at radius 2 is 1.82 bits per heavy atom. The van der Waals surface area contributed by atoms with Gasteiger partial charge in [0.05, 0.1) is 18.8 Å². The Kier molecular flexibility index (Phi) is 4.33. The van der Waals surface area contributed by atoms with Crippen molar-refractivity contribution in [3.8, 4) is 0 Å². The van der Waals surface area contributed by atoms with Crippen LogP contribution < -0.4 is 0 Å². The Morgan fingerprint density at radius 3 is 2.50 bits per heavy atom. The van der Waals surface area contributed by atoms with Crippen molar-refractivity contribution in [3.63, 3.8) is 0 Å². The van der Waals surface area contributed by atoms with Gasteiger partial charge in [0.25, 0.3) is 0 Å². The summed E-state index contributed by atoms with van der Waals surface area (Å²) in [6.07, 6.45) is 0.137. The average molecular weight is 322 g/mol. The van der Waals surface area contributed by atoms with E-state index in [9.17, 15) is 14.4 Å². The lowest BCUT2D eigenvalue weighted by molar-refractivity contribution is -0.145. The summed E-state index contributed by atoms with van der Waals surface area (Å²) in [4.78, 5) is 35.8. The van der Waals surface area contributed by atoms with Crippen LogP contribution in [0.3, 0.4) is 0 Å². The van der Waals surface area contributed by atoms with Crippen molar-refractivity contribution >= 4 is 29.7 Å². The van der Waals surface area contributed by atoms with Crippen LogP contribution in [0.25, 0.3) is 0 Å². The fourth-order valence-corrected chi connectivity index (χ4v) is 3.37. The number of carbonyl (C=O) groups is 3. The molecule has 0 amide bonds. The van der Waals surface area contributed by atoms with Crippen LogP contribution in [-0.4, -0.2) is 42.5 Å². The fraction of sp³-hybridized carbons (Fsp3) is 0.400. The molecule has 6 nitrogen and oxygen atoms in total. The van der Waals surface area contributed by atoms with Gasteiger partial charge in [-0.15, -0.1) is 11.8 Å². The van der Waals surface area contributed by atoms with E-state index >= 15 is 0 Å². The minimum absolute atomic E-state index is 0.265. The number of benzene rings is 1. The SMILES string of the molecule is O=C(OC1CCOC1=O)c1ccccc1SC1CCOC1=O. The number of hydrogen-bond donors (Lipinski definition) is 0. The second kappa shape index (κ2) is 6.39. The molecule has 2 heterocycles. The number of carbonyl (C=O) groups excluding carboxylic acids is 3. The normalized spacial score (nSPS) is 24.0. The number of thioether (sulfide) groups is 1. The molecule has 0 N–H and O–H groups in total. The Labute approximate surface area is 131 Å². The van der Waals surface area contributed by atoms with Crippen LogP contribution in [0.1, 0.15) is 23.2 Å². The van der Waals surface area contributed by atoms with E-state index in [0.29, 0.717) is 29.9 Å². The number of esters is 3. The first-order valence-electron chi connectivity index (χ1n) is 6.95. The van der Waals surface area contributed by atoms with Crippen molar-refractivity contribution in [2.45, 2.75) is 29.1 Å². The van der Waals surface area contributed by atoms with E-state index in [0.717, 1.165) is 0 Å². The highest BCUT2D eigenvalue weighted by Gasteiger charge is 2.32. The first-order chi connectivity index (χ1) is 10.6. The summed E-state index contributed by atoms with van der Waals surface area (Å²) in [6.45, 7) is 0.665. The Hall–Kier alpha value is -2.02. The van der Waals surface area contributed by atoms with Crippen molar-refractivity contribution in [1.82, 2.24) is 0 Å². The van der Waals surface area contributed by atoms with E-state index in [1.807, 2.05) is 0 Å². The lowest BCUT2D eigenvalue weighted by atomic mass is 10.2. The molecular formula is C15H14O6S. The van der Waals surface area contributed by atoms with Gasteiger partial charge in [0.15, 0.2) is 0 Å². The number of ether oxygens (including phenoxy) is 3. The molecule has 1 aromatic rings. The zero-order valence-corrected chi connectivity index (χ0v) is 12.5. The van der Waals surface area contributed by atoms with Gasteiger partial charge >= 0.3 is 17.9 Å². The molecular weight excluding hydrogens is 308 g/mol. The fourth-order valence-electron chi connectivity index (χ4n) is 2.25. The number of cyclic esters (lactones) is 2. The summed E-state index contributed by atoms with van der Waals surface area (Å²) in [7, 11) is 0. The molecule has 2 fully saturated rings. The molecule has 1 aromatic carbocycles. The summed E-state index contributed by atoms with van der Waals surface area (Å²) in [5.41, 5.74) is 0.340. The van der Waals surface area contributed by atoms with Crippen LogP contribution in [0.5, 0.6) is 0 Å². The van der Waals surface area contributed by atoms with Gasteiger partial charge < -0.3 is 14.2 Å². The van der Waals surface area contributed by atoms with Gasteiger partial charge in [0.1, 0.15) is 5.25 Å². The maximum absolute atomic E-state index is 12.3. The molecule has 7 heteroatoms. The Morgan fingerprint density at radius 1 is 1.09 bits per heavy atom. The van der Waals surface area contributed by atoms with Crippen LogP contribution in [0.4, 0.5) is 0 Å². The van der Waals surface area contributed by atoms with Crippen LogP contribution in [0.2, 0.25) is 0 Å². The molecule has 0 saturated carbocycles. The molecule has 0 aromatic heterocycles. The smallest absolute Gasteiger partial charge is 0.347 e. The topological polar surface area (TPSA) is 78.9 Å². The Balaban J connectivity index is 1.74. The van der Waals surface area contributed by atoms with Crippen LogP contribution in [0, 0.1) is 0 Å². The molecule has 0 bridgehead atoms. The molecule has 0 aliphatic carbocycles. The zero-order valence-electron chi connectivity index (χ0n) is 11.7. The van der Waals surface area contributed by atoms with Gasteiger partial charge in [-0.2, -0.15) is 0 Å². The van der Waals surface area contributed by atoms with Gasteiger partial charge in [0, 0.05) is 17.7 Å². The summed E-state index contributed by atoms with van der Waals surface area (Å²) in [5.74, 6) is -1.37. The molecule has 0 radical (unpaired) electrons. The minimum atomic E-state index is -0.845. The lowest BCUT2D eigenvalue weighted by Crippen LogP contribution is -2.23. The van der Waals surface area contributed by atoms with Crippen LogP contribution >= 0.6 is 11.8 Å². The largest absolute Gasteiger partial charge is 0.465 e. The van der Waals surface area contributed by atoms with E-state index in [1.165, 1.54) is 11.8 Å². The first kappa shape index (κ1) is 14.9. The maximum atomic E-state index is 12.3. The monoisotopic (exact) mass is 322 g/mol. The molecule has 2 aliphatic heterocycles. The van der Waals surface area contributed by atoms with Crippen molar-refractivity contribution in [2.24, 2.45) is 0 Å². The molecule has 2 unspecified atom stereocenters. The quantitative estimate of drug-likeness (QED) is 0.615. The highest BCUT2D eigenvalue weighted by atomic mass is 32.2. The Bertz CT molecular complexity index is 614. The molecule has 0 spiro atoms. The van der Waals surface area contributed by atoms with Gasteiger partial charge in [-0.3, -0.25) is 4.79 Å². The van der Waals surface area contributed by atoms with Crippen LogP contribution in [0.15, 0.2) is 29.2 Å². The summed E-state index contributed by atoms with van der Waals surface area (Å²) in [5, 5.41) is -0.314. The van der Waals surface area contributed by atoms with Gasteiger partial charge in [-0.1, -0.05) is 12.1 Å². The standard InChI is InChI=1S/C15H14O6S/c16-13(21-10-5-7-19-14(10)17)9-3-1-2-4-11(9)22-12-6-8-20-15(12)18/h1-4,10,12H,5-8H2. The lowest BCUT2D eigenvalue weighted by Gasteiger charge is -2.12. The number of rotatable bonds is 4. The van der Waals surface area contributed by atoms with Crippen LogP contribution in [-0.2, 0) is 23.8 Å². The maximum Gasteiger partial charge on any atom is 0.347 e. The van der Waals surface area contributed by atoms with Gasteiger partial charge in [-0.25, -0.2) is 9.59 Å². The van der Waals surface area contributed by atoms with Gasteiger partial charge in [0.2, 0.25) is 6.10 Å². The van der Waals surface area contributed by atoms with E-state index < -0.39 is 18.0 Å².